The minimum Gasteiger partial charge on any atom is -0.478 e. The number of ether oxygens (including phenoxy) is 1. The Morgan fingerprint density at radius 3 is 2.48 bits per heavy atom. The third kappa shape index (κ3) is 5.28. The van der Waals surface area contributed by atoms with Crippen molar-refractivity contribution in [3.8, 4) is 0 Å². The van der Waals surface area contributed by atoms with Crippen molar-refractivity contribution < 1.29 is 23.6 Å². The van der Waals surface area contributed by atoms with Crippen molar-refractivity contribution >= 4 is 22.7 Å². The van der Waals surface area contributed by atoms with Crippen LogP contribution in [0.2, 0.25) is 0 Å². The molecule has 6 nitrogen and oxygen atoms in total. The van der Waals surface area contributed by atoms with Gasteiger partial charge in [0.05, 0.1) is 16.4 Å². The van der Waals surface area contributed by atoms with Gasteiger partial charge >= 0.3 is 5.97 Å². The lowest BCUT2D eigenvalue weighted by Gasteiger charge is -2.12. The number of methoxy groups -OCH3 is 1. The molecule has 0 aliphatic carbocycles. The maximum atomic E-state index is 12.2. The lowest BCUT2D eigenvalue weighted by atomic mass is 10.2. The number of carboxylic acid groups (broad SMARTS) is 1. The van der Waals surface area contributed by atoms with E-state index >= 15 is 0 Å². The number of aromatic carboxylic acids is 1. The summed E-state index contributed by atoms with van der Waals surface area (Å²) in [5.41, 5.74) is 0.118. The third-order valence-corrected chi connectivity index (χ3v) is 4.44. The second-order valence-electron chi connectivity index (χ2n) is 4.41. The third-order valence-electron chi connectivity index (χ3n) is 2.85. The van der Waals surface area contributed by atoms with Gasteiger partial charge in [-0.15, -0.1) is 0 Å². The fourth-order valence-corrected chi connectivity index (χ4v) is 2.70. The summed E-state index contributed by atoms with van der Waals surface area (Å²) in [4.78, 5) is 23.0. The summed E-state index contributed by atoms with van der Waals surface area (Å²) in [5.74, 6) is -1.34. The van der Waals surface area contributed by atoms with Crippen LogP contribution in [0.1, 0.15) is 23.7 Å². The van der Waals surface area contributed by atoms with Gasteiger partial charge in [-0.2, -0.15) is 0 Å². The van der Waals surface area contributed by atoms with Gasteiger partial charge in [-0.25, -0.2) is 4.79 Å². The van der Waals surface area contributed by atoms with E-state index in [-0.39, 0.29) is 11.5 Å². The molecule has 0 aliphatic heterocycles. The molecule has 0 bridgehead atoms. The monoisotopic (exact) mass is 313 g/mol. The molecule has 1 aromatic rings. The van der Waals surface area contributed by atoms with Crippen molar-refractivity contribution in [3.05, 3.63) is 29.8 Å². The van der Waals surface area contributed by atoms with Gasteiger partial charge in [-0.3, -0.25) is 9.00 Å². The Balaban J connectivity index is 2.60. The van der Waals surface area contributed by atoms with Crippen molar-refractivity contribution in [3.63, 3.8) is 0 Å². The highest BCUT2D eigenvalue weighted by Gasteiger charge is 2.21. The van der Waals surface area contributed by atoms with Crippen LogP contribution >= 0.6 is 0 Å². The quantitative estimate of drug-likeness (QED) is 0.699. The molecule has 116 valence electrons. The number of carboxylic acids is 1. The lowest BCUT2D eigenvalue weighted by molar-refractivity contribution is -0.120. The second kappa shape index (κ2) is 8.53. The van der Waals surface area contributed by atoms with E-state index in [1.165, 1.54) is 24.3 Å². The first-order valence-electron chi connectivity index (χ1n) is 6.48. The fraction of sp³-hybridized carbons (Fsp3) is 0.429. The van der Waals surface area contributed by atoms with Gasteiger partial charge in [0.2, 0.25) is 5.91 Å². The number of amides is 1. The zero-order valence-electron chi connectivity index (χ0n) is 12.0. The van der Waals surface area contributed by atoms with Gasteiger partial charge in [0.1, 0.15) is 5.25 Å². The van der Waals surface area contributed by atoms with Gasteiger partial charge in [-0.1, -0.05) is 0 Å². The predicted octanol–water partition coefficient (Wildman–Crippen LogP) is 1.03. The minimum atomic E-state index is -1.52. The number of carbonyl (C=O) groups excluding carboxylic acids is 1. The maximum Gasteiger partial charge on any atom is 0.335 e. The van der Waals surface area contributed by atoms with E-state index in [1.54, 1.807) is 14.0 Å². The van der Waals surface area contributed by atoms with Crippen LogP contribution in [-0.2, 0) is 20.3 Å². The number of hydrogen-bond donors (Lipinski definition) is 2. The molecule has 1 aromatic carbocycles. The van der Waals surface area contributed by atoms with E-state index in [0.29, 0.717) is 24.5 Å². The van der Waals surface area contributed by atoms with Gasteiger partial charge < -0.3 is 15.2 Å². The molecular formula is C14H19NO5S. The molecule has 2 N–H and O–H groups in total. The standard InChI is InChI=1S/C14H19NO5S/c1-10(13(16)15-8-3-9-20-2)21(19)12-6-4-11(5-7-12)14(17)18/h4-7,10H,3,8-9H2,1-2H3,(H,15,16)(H,17,18). The van der Waals surface area contributed by atoms with Crippen molar-refractivity contribution in [2.75, 3.05) is 20.3 Å². The first-order chi connectivity index (χ1) is 9.97. The van der Waals surface area contributed by atoms with Crippen LogP contribution < -0.4 is 5.32 Å². The molecule has 0 fully saturated rings. The largest absolute Gasteiger partial charge is 0.478 e. The SMILES string of the molecule is COCCCNC(=O)C(C)S(=O)c1ccc(C(=O)O)cc1. The summed E-state index contributed by atoms with van der Waals surface area (Å²) in [6, 6.07) is 5.68. The summed E-state index contributed by atoms with van der Waals surface area (Å²) in [6.07, 6.45) is 0.689. The van der Waals surface area contributed by atoms with Crippen LogP contribution in [0.15, 0.2) is 29.2 Å². The number of rotatable bonds is 8. The molecule has 1 amide bonds. The first kappa shape index (κ1) is 17.3. The Morgan fingerprint density at radius 2 is 1.95 bits per heavy atom. The first-order valence-corrected chi connectivity index (χ1v) is 7.69. The number of hydrogen-bond acceptors (Lipinski definition) is 4. The molecule has 7 heteroatoms. The highest BCUT2D eigenvalue weighted by Crippen LogP contribution is 2.13. The summed E-state index contributed by atoms with van der Waals surface area (Å²) in [5, 5.41) is 10.8. The Labute approximate surface area is 126 Å². The molecule has 2 unspecified atom stereocenters. The van der Waals surface area contributed by atoms with E-state index in [1.807, 2.05) is 0 Å². The molecule has 21 heavy (non-hydrogen) atoms. The fourth-order valence-electron chi connectivity index (χ4n) is 1.60. The van der Waals surface area contributed by atoms with Crippen molar-refractivity contribution in [1.29, 1.82) is 0 Å². The van der Waals surface area contributed by atoms with E-state index in [0.717, 1.165) is 0 Å². The molecule has 0 saturated carbocycles. The Bertz CT molecular complexity index is 515. The predicted molar refractivity (Wildman–Crippen MR) is 78.8 cm³/mol. The molecule has 0 spiro atoms. The topological polar surface area (TPSA) is 92.7 Å². The Kier molecular flexibility index (Phi) is 7.04. The summed E-state index contributed by atoms with van der Waals surface area (Å²) < 4.78 is 17.1. The van der Waals surface area contributed by atoms with Crippen molar-refractivity contribution in [2.45, 2.75) is 23.5 Å². The molecule has 0 saturated heterocycles. The summed E-state index contributed by atoms with van der Waals surface area (Å²) in [6.45, 7) is 2.59. The van der Waals surface area contributed by atoms with Crippen LogP contribution in [-0.4, -0.2) is 46.7 Å². The molecule has 0 aliphatic rings. The maximum absolute atomic E-state index is 12.2. The molecule has 0 radical (unpaired) electrons. The lowest BCUT2D eigenvalue weighted by Crippen LogP contribution is -2.36. The van der Waals surface area contributed by atoms with E-state index in [2.05, 4.69) is 5.32 Å². The van der Waals surface area contributed by atoms with Crippen molar-refractivity contribution in [1.82, 2.24) is 5.32 Å². The summed E-state index contributed by atoms with van der Waals surface area (Å²) >= 11 is 0. The van der Waals surface area contributed by atoms with Crippen LogP contribution in [0.3, 0.4) is 0 Å². The Morgan fingerprint density at radius 1 is 1.33 bits per heavy atom. The number of benzene rings is 1. The van der Waals surface area contributed by atoms with Crippen LogP contribution in [0, 0.1) is 0 Å². The second-order valence-corrected chi connectivity index (χ2v) is 6.18. The molecule has 0 heterocycles. The zero-order chi connectivity index (χ0) is 15.8. The van der Waals surface area contributed by atoms with Crippen LogP contribution in [0.5, 0.6) is 0 Å². The normalized spacial score (nSPS) is 13.4. The minimum absolute atomic E-state index is 0.118. The average Bonchev–Trinajstić information content (AvgIpc) is 2.50. The van der Waals surface area contributed by atoms with E-state index < -0.39 is 22.0 Å². The van der Waals surface area contributed by atoms with Crippen LogP contribution in [0.25, 0.3) is 0 Å². The van der Waals surface area contributed by atoms with Gasteiger partial charge in [0.15, 0.2) is 0 Å². The molecule has 2 atom stereocenters. The molecule has 0 aromatic heterocycles. The molecular weight excluding hydrogens is 294 g/mol. The van der Waals surface area contributed by atoms with Gasteiger partial charge in [0, 0.05) is 25.2 Å². The van der Waals surface area contributed by atoms with Gasteiger partial charge in [0.25, 0.3) is 0 Å². The number of nitrogens with one attached hydrogen (secondary N) is 1. The highest BCUT2D eigenvalue weighted by molar-refractivity contribution is 7.86. The van der Waals surface area contributed by atoms with E-state index in [9.17, 15) is 13.8 Å². The smallest absolute Gasteiger partial charge is 0.335 e. The van der Waals surface area contributed by atoms with E-state index in [4.69, 9.17) is 9.84 Å². The average molecular weight is 313 g/mol. The number of carbonyl (C=O) groups is 2. The molecule has 1 rings (SSSR count). The van der Waals surface area contributed by atoms with Gasteiger partial charge in [-0.05, 0) is 37.6 Å². The highest BCUT2D eigenvalue weighted by atomic mass is 32.2. The van der Waals surface area contributed by atoms with Crippen molar-refractivity contribution in [2.24, 2.45) is 0 Å². The van der Waals surface area contributed by atoms with Crippen LogP contribution in [0.4, 0.5) is 0 Å². The Hall–Kier alpha value is -1.73. The summed E-state index contributed by atoms with van der Waals surface area (Å²) in [7, 11) is 0.0604. The zero-order valence-corrected chi connectivity index (χ0v) is 12.8.